The number of carboxylic acids is 1. The average molecular weight is 314 g/mol. The number of aromatic carboxylic acids is 1. The lowest BCUT2D eigenvalue weighted by molar-refractivity contribution is 0.0631. The number of hydrogen-bond acceptors (Lipinski definition) is 5. The van der Waals surface area contributed by atoms with Crippen LogP contribution in [0.2, 0.25) is 0 Å². The lowest BCUT2D eigenvalue weighted by Crippen LogP contribution is -2.27. The highest BCUT2D eigenvalue weighted by molar-refractivity contribution is 7.16. The van der Waals surface area contributed by atoms with Gasteiger partial charge in [-0.15, -0.1) is 11.3 Å². The van der Waals surface area contributed by atoms with Crippen molar-refractivity contribution in [3.05, 3.63) is 10.6 Å². The van der Waals surface area contributed by atoms with E-state index >= 15 is 0 Å². The Morgan fingerprint density at radius 1 is 1.24 bits per heavy atom. The molecule has 0 unspecified atom stereocenters. The van der Waals surface area contributed by atoms with E-state index in [2.05, 4.69) is 10.3 Å². The summed E-state index contributed by atoms with van der Waals surface area (Å²) in [7, 11) is 0. The molecule has 0 spiro atoms. The van der Waals surface area contributed by atoms with Gasteiger partial charge in [0.25, 0.3) is 0 Å². The largest absolute Gasteiger partial charge is 0.476 e. The average Bonchev–Trinajstić information content (AvgIpc) is 2.54. The van der Waals surface area contributed by atoms with Crippen molar-refractivity contribution in [3.63, 3.8) is 0 Å². The summed E-state index contributed by atoms with van der Waals surface area (Å²) in [5, 5.41) is 11.9. The third-order valence-electron chi connectivity index (χ3n) is 2.20. The molecule has 7 heteroatoms. The first kappa shape index (κ1) is 17.4. The van der Waals surface area contributed by atoms with E-state index in [1.807, 2.05) is 20.8 Å². The van der Waals surface area contributed by atoms with E-state index in [0.717, 1.165) is 0 Å². The molecule has 1 amide bonds. The highest BCUT2D eigenvalue weighted by atomic mass is 32.1. The van der Waals surface area contributed by atoms with Crippen molar-refractivity contribution in [2.45, 2.75) is 53.6 Å². The van der Waals surface area contributed by atoms with Crippen LogP contribution < -0.4 is 5.32 Å². The molecule has 6 nitrogen and oxygen atoms in total. The number of nitrogens with one attached hydrogen (secondary N) is 1. The maximum Gasteiger partial charge on any atom is 0.413 e. The maximum atomic E-state index is 11.7. The second-order valence-electron chi connectivity index (χ2n) is 6.96. The molecule has 0 atom stereocenters. The summed E-state index contributed by atoms with van der Waals surface area (Å²) in [5.74, 6) is -1.09. The molecule has 0 aromatic carbocycles. The van der Waals surface area contributed by atoms with Crippen LogP contribution in [0.5, 0.6) is 0 Å². The summed E-state index contributed by atoms with van der Waals surface area (Å²) in [6, 6.07) is 0. The van der Waals surface area contributed by atoms with E-state index in [4.69, 9.17) is 4.74 Å². The zero-order valence-corrected chi connectivity index (χ0v) is 14.1. The van der Waals surface area contributed by atoms with Gasteiger partial charge in [0.2, 0.25) is 0 Å². The van der Waals surface area contributed by atoms with Crippen LogP contribution in [0.1, 0.15) is 56.9 Å². The van der Waals surface area contributed by atoms with Gasteiger partial charge >= 0.3 is 12.1 Å². The summed E-state index contributed by atoms with van der Waals surface area (Å²) >= 11 is 1.17. The van der Waals surface area contributed by atoms with Gasteiger partial charge in [-0.05, 0) is 32.6 Å². The molecule has 21 heavy (non-hydrogen) atoms. The SMILES string of the molecule is CC(C)(C)Cc1sc(NC(=O)OC(C)(C)C)nc1C(=O)O. The van der Waals surface area contributed by atoms with E-state index in [0.29, 0.717) is 11.3 Å². The van der Waals surface area contributed by atoms with E-state index in [9.17, 15) is 14.7 Å². The lowest BCUT2D eigenvalue weighted by atomic mass is 9.91. The molecule has 118 valence electrons. The van der Waals surface area contributed by atoms with Gasteiger partial charge in [0.1, 0.15) is 5.60 Å². The summed E-state index contributed by atoms with van der Waals surface area (Å²) in [6.07, 6.45) is -0.0713. The normalized spacial score (nSPS) is 12.1. The first-order chi connectivity index (χ1) is 9.37. The smallest absolute Gasteiger partial charge is 0.413 e. The number of hydrogen-bond donors (Lipinski definition) is 2. The number of anilines is 1. The number of ether oxygens (including phenoxy) is 1. The molecule has 0 radical (unpaired) electrons. The molecule has 2 N–H and O–H groups in total. The van der Waals surface area contributed by atoms with Gasteiger partial charge in [-0.2, -0.15) is 0 Å². The highest BCUT2D eigenvalue weighted by Crippen LogP contribution is 2.30. The number of carbonyl (C=O) groups is 2. The van der Waals surface area contributed by atoms with Crippen LogP contribution in [-0.4, -0.2) is 27.8 Å². The molecule has 1 aromatic rings. The minimum absolute atomic E-state index is 0.0130. The van der Waals surface area contributed by atoms with Crippen LogP contribution in [-0.2, 0) is 11.2 Å². The molecular weight excluding hydrogens is 292 g/mol. The third kappa shape index (κ3) is 6.12. The first-order valence-corrected chi connectivity index (χ1v) is 7.42. The van der Waals surface area contributed by atoms with Gasteiger partial charge in [-0.1, -0.05) is 20.8 Å². The minimum atomic E-state index is -1.09. The summed E-state index contributed by atoms with van der Waals surface area (Å²) in [5.41, 5.74) is -0.702. The van der Waals surface area contributed by atoms with Crippen molar-refractivity contribution < 1.29 is 19.4 Å². The Bertz CT molecular complexity index is 538. The van der Waals surface area contributed by atoms with Crippen molar-refractivity contribution in [1.82, 2.24) is 4.98 Å². The van der Waals surface area contributed by atoms with Crippen LogP contribution in [0.25, 0.3) is 0 Å². The molecule has 0 saturated heterocycles. The van der Waals surface area contributed by atoms with Crippen molar-refractivity contribution in [1.29, 1.82) is 0 Å². The van der Waals surface area contributed by atoms with Crippen molar-refractivity contribution in [2.75, 3.05) is 5.32 Å². The van der Waals surface area contributed by atoms with Crippen molar-refractivity contribution in [2.24, 2.45) is 5.41 Å². The molecule has 0 aliphatic carbocycles. The maximum absolute atomic E-state index is 11.7. The Morgan fingerprint density at radius 3 is 2.24 bits per heavy atom. The Morgan fingerprint density at radius 2 is 1.81 bits per heavy atom. The fourth-order valence-electron chi connectivity index (χ4n) is 1.56. The Kier molecular flexibility index (Phi) is 4.99. The van der Waals surface area contributed by atoms with Gasteiger partial charge in [-0.25, -0.2) is 14.6 Å². The second kappa shape index (κ2) is 6.01. The molecule has 0 bridgehead atoms. The van der Waals surface area contributed by atoms with E-state index in [1.54, 1.807) is 20.8 Å². The minimum Gasteiger partial charge on any atom is -0.476 e. The number of thiazole rings is 1. The van der Waals surface area contributed by atoms with Gasteiger partial charge < -0.3 is 9.84 Å². The number of amides is 1. The van der Waals surface area contributed by atoms with E-state index in [1.165, 1.54) is 11.3 Å². The van der Waals surface area contributed by atoms with Crippen LogP contribution >= 0.6 is 11.3 Å². The lowest BCUT2D eigenvalue weighted by Gasteiger charge is -2.18. The molecule has 1 aromatic heterocycles. The topological polar surface area (TPSA) is 88.5 Å². The predicted molar refractivity (Wildman–Crippen MR) is 82.1 cm³/mol. The van der Waals surface area contributed by atoms with Crippen LogP contribution in [0.3, 0.4) is 0 Å². The second-order valence-corrected chi connectivity index (χ2v) is 8.04. The van der Waals surface area contributed by atoms with Gasteiger partial charge in [-0.3, -0.25) is 5.32 Å². The fourth-order valence-corrected chi connectivity index (χ4v) is 2.80. The van der Waals surface area contributed by atoms with Crippen molar-refractivity contribution >= 4 is 28.5 Å². The molecule has 0 aliphatic rings. The summed E-state index contributed by atoms with van der Waals surface area (Å²) < 4.78 is 5.12. The van der Waals surface area contributed by atoms with Crippen LogP contribution in [0.4, 0.5) is 9.93 Å². The Hall–Kier alpha value is -1.63. The van der Waals surface area contributed by atoms with Crippen molar-refractivity contribution in [3.8, 4) is 0 Å². The zero-order valence-electron chi connectivity index (χ0n) is 13.2. The summed E-state index contributed by atoms with van der Waals surface area (Å²) in [4.78, 5) is 27.5. The predicted octanol–water partition coefficient (Wildman–Crippen LogP) is 3.78. The van der Waals surface area contributed by atoms with Crippen LogP contribution in [0, 0.1) is 5.41 Å². The Labute approximate surface area is 128 Å². The highest BCUT2D eigenvalue weighted by Gasteiger charge is 2.24. The molecule has 0 aliphatic heterocycles. The van der Waals surface area contributed by atoms with Gasteiger partial charge in [0.05, 0.1) is 0 Å². The standard InChI is InChI=1S/C14H22N2O4S/c1-13(2,3)7-8-9(10(17)18)15-11(21-8)16-12(19)20-14(4,5)6/h7H2,1-6H3,(H,17,18)(H,15,16,19). The van der Waals surface area contributed by atoms with Gasteiger partial charge in [0, 0.05) is 4.88 Å². The van der Waals surface area contributed by atoms with Crippen LogP contribution in [0.15, 0.2) is 0 Å². The number of aromatic nitrogens is 1. The fraction of sp³-hybridized carbons (Fsp3) is 0.643. The number of nitrogens with zero attached hydrogens (tertiary/aromatic N) is 1. The molecule has 1 heterocycles. The molecular formula is C14H22N2O4S. The number of carbonyl (C=O) groups excluding carboxylic acids is 1. The quantitative estimate of drug-likeness (QED) is 0.886. The molecule has 0 fully saturated rings. The Balaban J connectivity index is 2.93. The number of rotatable bonds is 3. The molecule has 1 rings (SSSR count). The van der Waals surface area contributed by atoms with E-state index < -0.39 is 17.7 Å². The first-order valence-electron chi connectivity index (χ1n) is 6.60. The zero-order chi connectivity index (χ0) is 16.4. The van der Waals surface area contributed by atoms with E-state index in [-0.39, 0.29) is 16.2 Å². The molecule has 0 saturated carbocycles. The summed E-state index contributed by atoms with van der Waals surface area (Å²) in [6.45, 7) is 11.3. The van der Waals surface area contributed by atoms with Gasteiger partial charge in [0.15, 0.2) is 10.8 Å². The third-order valence-corrected chi connectivity index (χ3v) is 3.17. The number of carboxylic acid groups (broad SMARTS) is 1. The monoisotopic (exact) mass is 314 g/mol.